The highest BCUT2D eigenvalue weighted by Crippen LogP contribution is 2.23. The first-order valence-electron chi connectivity index (χ1n) is 4.94. The van der Waals surface area contributed by atoms with Crippen LogP contribution >= 0.6 is 27.3 Å². The molecule has 84 valence electrons. The zero-order chi connectivity index (χ0) is 11.4. The minimum atomic E-state index is 0.568. The quantitative estimate of drug-likeness (QED) is 0.937. The number of ether oxygens (including phenoxy) is 1. The van der Waals surface area contributed by atoms with E-state index >= 15 is 0 Å². The maximum Gasteiger partial charge on any atom is 0.122 e. The van der Waals surface area contributed by atoms with Crippen molar-refractivity contribution in [2.45, 2.75) is 13.2 Å². The van der Waals surface area contributed by atoms with Crippen molar-refractivity contribution in [1.82, 2.24) is 0 Å². The number of rotatable bonds is 4. The highest BCUT2D eigenvalue weighted by molar-refractivity contribution is 9.11. The Morgan fingerprint density at radius 2 is 1.88 bits per heavy atom. The van der Waals surface area contributed by atoms with E-state index in [4.69, 9.17) is 10.5 Å². The number of hydrogen-bond donors (Lipinski definition) is 1. The minimum absolute atomic E-state index is 0.568. The fraction of sp³-hybridized carbons (Fsp3) is 0.167. The minimum Gasteiger partial charge on any atom is -0.488 e. The lowest BCUT2D eigenvalue weighted by Gasteiger charge is -2.05. The van der Waals surface area contributed by atoms with Gasteiger partial charge >= 0.3 is 0 Å². The Morgan fingerprint density at radius 1 is 1.12 bits per heavy atom. The molecule has 16 heavy (non-hydrogen) atoms. The lowest BCUT2D eigenvalue weighted by molar-refractivity contribution is 0.310. The van der Waals surface area contributed by atoms with Gasteiger partial charge in [0.1, 0.15) is 12.4 Å². The second-order valence-corrected chi connectivity index (χ2v) is 5.89. The van der Waals surface area contributed by atoms with Gasteiger partial charge in [-0.3, -0.25) is 0 Å². The van der Waals surface area contributed by atoms with E-state index in [1.54, 1.807) is 11.3 Å². The molecule has 1 aromatic carbocycles. The van der Waals surface area contributed by atoms with Crippen LogP contribution in [0.4, 0.5) is 0 Å². The molecule has 0 aliphatic rings. The molecule has 1 aromatic heterocycles. The third kappa shape index (κ3) is 3.07. The van der Waals surface area contributed by atoms with Crippen LogP contribution in [-0.2, 0) is 13.2 Å². The van der Waals surface area contributed by atoms with Crippen LogP contribution in [0, 0.1) is 0 Å². The molecule has 2 N–H and O–H groups in total. The van der Waals surface area contributed by atoms with E-state index in [2.05, 4.69) is 22.0 Å². The van der Waals surface area contributed by atoms with Gasteiger partial charge in [0.05, 0.1) is 3.79 Å². The Labute approximate surface area is 107 Å². The van der Waals surface area contributed by atoms with Crippen LogP contribution in [0.3, 0.4) is 0 Å². The second kappa shape index (κ2) is 5.48. The molecule has 0 atom stereocenters. The summed E-state index contributed by atoms with van der Waals surface area (Å²) in [7, 11) is 0. The standard InChI is InChI=1S/C12H12BrNOS/c13-12-6-5-11(16-12)8-15-10-3-1-9(7-14)2-4-10/h1-6H,7-8,14H2. The average Bonchev–Trinajstić information content (AvgIpc) is 2.73. The van der Waals surface area contributed by atoms with Crippen molar-refractivity contribution >= 4 is 27.3 Å². The van der Waals surface area contributed by atoms with Crippen molar-refractivity contribution in [1.29, 1.82) is 0 Å². The topological polar surface area (TPSA) is 35.2 Å². The molecule has 0 radical (unpaired) electrons. The Bertz CT molecular complexity index is 452. The summed E-state index contributed by atoms with van der Waals surface area (Å²) in [6, 6.07) is 12.0. The third-order valence-corrected chi connectivity index (χ3v) is 3.77. The monoisotopic (exact) mass is 297 g/mol. The highest BCUT2D eigenvalue weighted by Gasteiger charge is 1.99. The molecule has 0 bridgehead atoms. The maximum absolute atomic E-state index is 5.65. The smallest absolute Gasteiger partial charge is 0.122 e. The number of nitrogens with two attached hydrogens (primary N) is 1. The van der Waals surface area contributed by atoms with Crippen molar-refractivity contribution in [3.8, 4) is 5.75 Å². The van der Waals surface area contributed by atoms with E-state index in [1.807, 2.05) is 30.3 Å². The van der Waals surface area contributed by atoms with Crippen molar-refractivity contribution in [3.63, 3.8) is 0 Å². The van der Waals surface area contributed by atoms with Crippen molar-refractivity contribution < 1.29 is 4.74 Å². The van der Waals surface area contributed by atoms with Gasteiger partial charge in [0.25, 0.3) is 0 Å². The van der Waals surface area contributed by atoms with Crippen molar-refractivity contribution in [3.05, 3.63) is 50.6 Å². The van der Waals surface area contributed by atoms with Gasteiger partial charge in [0.2, 0.25) is 0 Å². The fourth-order valence-electron chi connectivity index (χ4n) is 1.31. The predicted octanol–water partition coefficient (Wildman–Crippen LogP) is 3.55. The third-order valence-electron chi connectivity index (χ3n) is 2.17. The van der Waals surface area contributed by atoms with Crippen LogP contribution in [0.25, 0.3) is 0 Å². The van der Waals surface area contributed by atoms with Crippen LogP contribution in [0.2, 0.25) is 0 Å². The number of halogens is 1. The predicted molar refractivity (Wildman–Crippen MR) is 70.7 cm³/mol. The van der Waals surface area contributed by atoms with Gasteiger partial charge in [0, 0.05) is 11.4 Å². The molecular formula is C12H12BrNOS. The van der Waals surface area contributed by atoms with Crippen LogP contribution in [-0.4, -0.2) is 0 Å². The van der Waals surface area contributed by atoms with Gasteiger partial charge in [-0.15, -0.1) is 11.3 Å². The first-order valence-corrected chi connectivity index (χ1v) is 6.55. The Morgan fingerprint density at radius 3 is 2.44 bits per heavy atom. The van der Waals surface area contributed by atoms with Crippen molar-refractivity contribution in [2.75, 3.05) is 0 Å². The van der Waals surface area contributed by atoms with Gasteiger partial charge in [0.15, 0.2) is 0 Å². The summed E-state index contributed by atoms with van der Waals surface area (Å²) in [6.07, 6.45) is 0. The number of hydrogen-bond acceptors (Lipinski definition) is 3. The van der Waals surface area contributed by atoms with Crippen LogP contribution in [0.5, 0.6) is 5.75 Å². The van der Waals surface area contributed by atoms with E-state index < -0.39 is 0 Å². The summed E-state index contributed by atoms with van der Waals surface area (Å²) in [5.74, 6) is 0.877. The zero-order valence-corrected chi connectivity index (χ0v) is 11.1. The molecule has 0 spiro atoms. The molecule has 4 heteroatoms. The van der Waals surface area contributed by atoms with Crippen LogP contribution < -0.4 is 10.5 Å². The summed E-state index contributed by atoms with van der Waals surface area (Å²) >= 11 is 5.11. The van der Waals surface area contributed by atoms with E-state index in [0.29, 0.717) is 13.2 Å². The molecule has 0 saturated heterocycles. The van der Waals surface area contributed by atoms with Gasteiger partial charge in [-0.1, -0.05) is 12.1 Å². The zero-order valence-electron chi connectivity index (χ0n) is 8.65. The Balaban J connectivity index is 1.94. The molecule has 2 rings (SSSR count). The second-order valence-electron chi connectivity index (χ2n) is 3.34. The van der Waals surface area contributed by atoms with Gasteiger partial charge in [-0.2, -0.15) is 0 Å². The SMILES string of the molecule is NCc1ccc(OCc2ccc(Br)s2)cc1. The first kappa shape index (κ1) is 11.6. The molecule has 1 heterocycles. The molecule has 0 unspecified atom stereocenters. The summed E-state index contributed by atoms with van der Waals surface area (Å²) in [5.41, 5.74) is 6.64. The lowest BCUT2D eigenvalue weighted by atomic mass is 10.2. The van der Waals surface area contributed by atoms with Gasteiger partial charge in [-0.25, -0.2) is 0 Å². The number of thiophene rings is 1. The highest BCUT2D eigenvalue weighted by atomic mass is 79.9. The van der Waals surface area contributed by atoms with Gasteiger partial charge in [-0.05, 0) is 45.8 Å². The van der Waals surface area contributed by atoms with E-state index in [0.717, 1.165) is 15.1 Å². The molecule has 2 aromatic rings. The van der Waals surface area contributed by atoms with Crippen LogP contribution in [0.1, 0.15) is 10.4 Å². The van der Waals surface area contributed by atoms with E-state index in [9.17, 15) is 0 Å². The van der Waals surface area contributed by atoms with Gasteiger partial charge < -0.3 is 10.5 Å². The summed E-state index contributed by atoms with van der Waals surface area (Å²) in [4.78, 5) is 1.20. The Hall–Kier alpha value is -0.840. The van der Waals surface area contributed by atoms with E-state index in [-0.39, 0.29) is 0 Å². The molecule has 0 amide bonds. The summed E-state index contributed by atoms with van der Waals surface area (Å²) in [5, 5.41) is 0. The lowest BCUT2D eigenvalue weighted by Crippen LogP contribution is -1.96. The number of benzene rings is 1. The summed E-state index contributed by atoms with van der Waals surface area (Å²) in [6.45, 7) is 1.18. The van der Waals surface area contributed by atoms with E-state index in [1.165, 1.54) is 4.88 Å². The molecule has 2 nitrogen and oxygen atoms in total. The first-order chi connectivity index (χ1) is 7.78. The summed E-state index contributed by atoms with van der Waals surface area (Å²) < 4.78 is 6.78. The fourth-order valence-corrected chi connectivity index (χ4v) is 2.70. The Kier molecular flexibility index (Phi) is 3.98. The molecule has 0 aliphatic heterocycles. The normalized spacial score (nSPS) is 10.4. The molecule has 0 aliphatic carbocycles. The molecular weight excluding hydrogens is 286 g/mol. The molecule has 0 saturated carbocycles. The van der Waals surface area contributed by atoms with Crippen molar-refractivity contribution in [2.24, 2.45) is 5.73 Å². The maximum atomic E-state index is 5.65. The average molecular weight is 298 g/mol. The largest absolute Gasteiger partial charge is 0.488 e. The molecule has 0 fully saturated rings. The van der Waals surface area contributed by atoms with Crippen LogP contribution in [0.15, 0.2) is 40.2 Å².